The molecule has 0 amide bonds. The summed E-state index contributed by atoms with van der Waals surface area (Å²) in [5.74, 6) is 0.555. The second kappa shape index (κ2) is 3.20. The summed E-state index contributed by atoms with van der Waals surface area (Å²) < 4.78 is 7.94. The minimum Gasteiger partial charge on any atom is -0.373 e. The van der Waals surface area contributed by atoms with Crippen LogP contribution in [0.1, 0.15) is 25.3 Å². The molecule has 0 spiro atoms. The van der Waals surface area contributed by atoms with Gasteiger partial charge in [0.15, 0.2) is 5.65 Å². The Kier molecular flexibility index (Phi) is 1.77. The summed E-state index contributed by atoms with van der Waals surface area (Å²) in [6, 6.07) is 4.15. The van der Waals surface area contributed by atoms with Gasteiger partial charge in [0.05, 0.1) is 18.2 Å². The molecule has 2 aliphatic heterocycles. The Morgan fingerprint density at radius 3 is 3.12 bits per heavy atom. The molecule has 88 valence electrons. The van der Waals surface area contributed by atoms with Gasteiger partial charge < -0.3 is 10.5 Å². The highest BCUT2D eigenvalue weighted by atomic mass is 16.5. The van der Waals surface area contributed by atoms with Gasteiger partial charge in [-0.05, 0) is 31.4 Å². The average Bonchev–Trinajstić information content (AvgIpc) is 2.99. The molecule has 17 heavy (non-hydrogen) atoms. The fourth-order valence-corrected chi connectivity index (χ4v) is 3.16. The molecule has 0 saturated carbocycles. The third kappa shape index (κ3) is 1.23. The number of fused-ring (bicyclic) bond motifs is 3. The molecule has 2 N–H and O–H groups in total. The van der Waals surface area contributed by atoms with E-state index in [9.17, 15) is 0 Å². The van der Waals surface area contributed by atoms with Gasteiger partial charge >= 0.3 is 0 Å². The van der Waals surface area contributed by atoms with Gasteiger partial charge in [-0.3, -0.25) is 4.57 Å². The lowest BCUT2D eigenvalue weighted by molar-refractivity contribution is 0.0945. The predicted molar refractivity (Wildman–Crippen MR) is 63.5 cm³/mol. The van der Waals surface area contributed by atoms with Crippen molar-refractivity contribution < 1.29 is 4.74 Å². The zero-order valence-corrected chi connectivity index (χ0v) is 9.41. The van der Waals surface area contributed by atoms with E-state index in [1.165, 1.54) is 6.42 Å². The zero-order chi connectivity index (χ0) is 11.4. The molecule has 3 unspecified atom stereocenters. The van der Waals surface area contributed by atoms with E-state index < -0.39 is 0 Å². The molecule has 2 fully saturated rings. The quantitative estimate of drug-likeness (QED) is 0.806. The standard InChI is InChI=1S/C12H14N4O/c13-12-15-8-2-1-5-14-11(8)16(12)9-6-7-3-4-10(9)17-7/h1-2,5,7,9-10H,3-4,6H2,(H2,13,15). The van der Waals surface area contributed by atoms with E-state index in [-0.39, 0.29) is 0 Å². The first-order chi connectivity index (χ1) is 8.33. The summed E-state index contributed by atoms with van der Waals surface area (Å²) >= 11 is 0. The number of aromatic nitrogens is 3. The molecule has 2 bridgehead atoms. The number of hydrogen-bond acceptors (Lipinski definition) is 4. The minimum atomic E-state index is 0.293. The van der Waals surface area contributed by atoms with Crippen LogP contribution in [0.2, 0.25) is 0 Å². The number of pyridine rings is 1. The monoisotopic (exact) mass is 230 g/mol. The molecule has 0 aliphatic carbocycles. The highest BCUT2D eigenvalue weighted by Crippen LogP contribution is 2.43. The van der Waals surface area contributed by atoms with Crippen LogP contribution in [0, 0.1) is 0 Å². The largest absolute Gasteiger partial charge is 0.373 e. The third-order valence-corrected chi connectivity index (χ3v) is 3.88. The average molecular weight is 230 g/mol. The molecule has 0 radical (unpaired) electrons. The number of nitrogens with zero attached hydrogens (tertiary/aromatic N) is 3. The maximum Gasteiger partial charge on any atom is 0.202 e. The summed E-state index contributed by atoms with van der Waals surface area (Å²) in [6.45, 7) is 0. The van der Waals surface area contributed by atoms with Gasteiger partial charge in [-0.1, -0.05) is 0 Å². The van der Waals surface area contributed by atoms with Crippen LogP contribution in [0.4, 0.5) is 5.95 Å². The molecule has 4 heterocycles. The minimum absolute atomic E-state index is 0.293. The Balaban J connectivity index is 1.87. The van der Waals surface area contributed by atoms with Crippen molar-refractivity contribution in [2.45, 2.75) is 37.5 Å². The maximum atomic E-state index is 6.02. The van der Waals surface area contributed by atoms with Crippen molar-refractivity contribution in [2.24, 2.45) is 0 Å². The summed E-state index contributed by atoms with van der Waals surface area (Å²) in [5.41, 5.74) is 7.77. The number of nitrogens with two attached hydrogens (primary N) is 1. The number of ether oxygens (including phenoxy) is 1. The van der Waals surface area contributed by atoms with Crippen LogP contribution in [-0.2, 0) is 4.74 Å². The van der Waals surface area contributed by atoms with Crippen LogP contribution < -0.4 is 5.73 Å². The molecule has 4 rings (SSSR count). The summed E-state index contributed by atoms with van der Waals surface area (Å²) in [5, 5.41) is 0. The molecule has 2 aliphatic rings. The van der Waals surface area contributed by atoms with Crippen molar-refractivity contribution >= 4 is 17.1 Å². The van der Waals surface area contributed by atoms with E-state index >= 15 is 0 Å². The Labute approximate surface area is 98.6 Å². The molecular formula is C12H14N4O. The highest BCUT2D eigenvalue weighted by molar-refractivity contribution is 5.74. The second-order valence-corrected chi connectivity index (χ2v) is 4.86. The van der Waals surface area contributed by atoms with E-state index in [1.54, 1.807) is 6.20 Å². The van der Waals surface area contributed by atoms with Gasteiger partial charge in [0.2, 0.25) is 5.95 Å². The van der Waals surface area contributed by atoms with Crippen LogP contribution in [-0.4, -0.2) is 26.7 Å². The second-order valence-electron chi connectivity index (χ2n) is 4.86. The van der Waals surface area contributed by atoms with E-state index in [0.717, 1.165) is 24.0 Å². The summed E-state index contributed by atoms with van der Waals surface area (Å²) in [7, 11) is 0. The smallest absolute Gasteiger partial charge is 0.202 e. The first-order valence-corrected chi connectivity index (χ1v) is 6.07. The lowest BCUT2D eigenvalue weighted by atomic mass is 9.95. The Morgan fingerprint density at radius 1 is 1.41 bits per heavy atom. The number of rotatable bonds is 1. The maximum absolute atomic E-state index is 6.02. The van der Waals surface area contributed by atoms with Crippen molar-refractivity contribution in [1.29, 1.82) is 0 Å². The topological polar surface area (TPSA) is 66.0 Å². The molecule has 2 aromatic rings. The molecule has 2 aromatic heterocycles. The summed E-state index contributed by atoms with van der Waals surface area (Å²) in [4.78, 5) is 8.76. The Bertz CT molecular complexity index is 579. The van der Waals surface area contributed by atoms with E-state index in [2.05, 4.69) is 14.5 Å². The SMILES string of the molecule is Nc1nc2cccnc2n1C1CC2CCC1O2. The van der Waals surface area contributed by atoms with E-state index in [1.807, 2.05) is 12.1 Å². The van der Waals surface area contributed by atoms with Crippen molar-refractivity contribution in [3.05, 3.63) is 18.3 Å². The number of nitrogen functional groups attached to an aromatic ring is 1. The van der Waals surface area contributed by atoms with Gasteiger partial charge in [0.25, 0.3) is 0 Å². The van der Waals surface area contributed by atoms with Crippen LogP contribution in [0.5, 0.6) is 0 Å². The van der Waals surface area contributed by atoms with Crippen LogP contribution in [0.25, 0.3) is 11.2 Å². The fourth-order valence-electron chi connectivity index (χ4n) is 3.16. The molecule has 0 aromatic carbocycles. The van der Waals surface area contributed by atoms with Gasteiger partial charge in [-0.2, -0.15) is 0 Å². The molecule has 2 saturated heterocycles. The molecule has 3 atom stereocenters. The van der Waals surface area contributed by atoms with Crippen molar-refractivity contribution in [3.63, 3.8) is 0 Å². The summed E-state index contributed by atoms with van der Waals surface area (Å²) in [6.07, 6.45) is 5.83. The lowest BCUT2D eigenvalue weighted by Crippen LogP contribution is -2.22. The van der Waals surface area contributed by atoms with E-state index in [4.69, 9.17) is 10.5 Å². The van der Waals surface area contributed by atoms with Crippen molar-refractivity contribution in [2.75, 3.05) is 5.73 Å². The van der Waals surface area contributed by atoms with Gasteiger partial charge in [-0.25, -0.2) is 9.97 Å². The number of hydrogen-bond donors (Lipinski definition) is 1. The highest BCUT2D eigenvalue weighted by Gasteiger charge is 2.43. The zero-order valence-electron chi connectivity index (χ0n) is 9.41. The lowest BCUT2D eigenvalue weighted by Gasteiger charge is -2.21. The normalized spacial score (nSPS) is 31.4. The predicted octanol–water partition coefficient (Wildman–Crippen LogP) is 1.51. The van der Waals surface area contributed by atoms with Crippen molar-refractivity contribution in [1.82, 2.24) is 14.5 Å². The van der Waals surface area contributed by atoms with Gasteiger partial charge in [0, 0.05) is 6.20 Å². The van der Waals surface area contributed by atoms with Crippen LogP contribution in [0.3, 0.4) is 0 Å². The van der Waals surface area contributed by atoms with Crippen molar-refractivity contribution in [3.8, 4) is 0 Å². The first-order valence-electron chi connectivity index (χ1n) is 6.07. The fraction of sp³-hybridized carbons (Fsp3) is 0.500. The molecular weight excluding hydrogens is 216 g/mol. The first kappa shape index (κ1) is 9.41. The number of imidazole rings is 1. The van der Waals surface area contributed by atoms with Gasteiger partial charge in [0.1, 0.15) is 5.52 Å². The van der Waals surface area contributed by atoms with E-state index in [0.29, 0.717) is 24.2 Å². The molecule has 5 heteroatoms. The third-order valence-electron chi connectivity index (χ3n) is 3.88. The van der Waals surface area contributed by atoms with Crippen LogP contribution >= 0.6 is 0 Å². The number of anilines is 1. The Morgan fingerprint density at radius 2 is 2.35 bits per heavy atom. The Hall–Kier alpha value is -1.62. The van der Waals surface area contributed by atoms with Gasteiger partial charge in [-0.15, -0.1) is 0 Å². The van der Waals surface area contributed by atoms with Crippen LogP contribution in [0.15, 0.2) is 18.3 Å². The molecule has 5 nitrogen and oxygen atoms in total.